The summed E-state index contributed by atoms with van der Waals surface area (Å²) in [4.78, 5) is 19.7. The number of hydrogen-bond donors (Lipinski definition) is 2. The summed E-state index contributed by atoms with van der Waals surface area (Å²) in [5.74, 6) is -2.44. The molecule has 2 N–H and O–H groups in total. The summed E-state index contributed by atoms with van der Waals surface area (Å²) in [6.45, 7) is 14.5. The number of carboxylic acids is 2. The minimum Gasteiger partial charge on any atom is -0.481 e. The Bertz CT molecular complexity index is 495. The van der Waals surface area contributed by atoms with Gasteiger partial charge in [0.2, 0.25) is 0 Å². The Balaban J connectivity index is 0. The van der Waals surface area contributed by atoms with Gasteiger partial charge < -0.3 is 24.4 Å². The van der Waals surface area contributed by atoms with Crippen molar-refractivity contribution in [2.24, 2.45) is 0 Å². The molecule has 3 unspecified atom stereocenters. The fraction of sp³-hybridized carbons (Fsp3) is 0.765. The van der Waals surface area contributed by atoms with Crippen molar-refractivity contribution in [1.82, 2.24) is 0 Å². The average Bonchev–Trinajstić information content (AvgIpc) is 2.54. The zero-order chi connectivity index (χ0) is 23.0. The second-order valence-electron chi connectivity index (χ2n) is 5.31. The second kappa shape index (κ2) is 16.5. The molecule has 0 aliphatic rings. The van der Waals surface area contributed by atoms with E-state index in [0.717, 1.165) is 0 Å². The highest BCUT2D eigenvalue weighted by Crippen LogP contribution is 2.53. The maximum Gasteiger partial charge on any atom is 0.481 e. The number of phosphoric acid groups is 1. The topological polar surface area (TPSA) is 147 Å². The van der Waals surface area contributed by atoms with Crippen molar-refractivity contribution >= 4 is 19.8 Å². The van der Waals surface area contributed by atoms with Crippen LogP contribution in [0.1, 0.15) is 48.0 Å². The van der Waals surface area contributed by atoms with Gasteiger partial charge in [0, 0.05) is 25.4 Å². The lowest BCUT2D eigenvalue weighted by Gasteiger charge is -2.26. The van der Waals surface area contributed by atoms with Crippen LogP contribution in [0.3, 0.4) is 0 Å². The summed E-state index contributed by atoms with van der Waals surface area (Å²) < 4.78 is 43.8. The molecule has 0 aromatic rings. The first-order chi connectivity index (χ1) is 13.4. The maximum absolute atomic E-state index is 12.6. The Labute approximate surface area is 171 Å². The predicted molar refractivity (Wildman–Crippen MR) is 103 cm³/mol. The SMILES string of the molecule is C=C(CC(=O)O)C(=O)O.CCOC(C)OP(=O)(OC(C)OCC)OC(C)OCC. The van der Waals surface area contributed by atoms with E-state index in [1.165, 1.54) is 0 Å². The summed E-state index contributed by atoms with van der Waals surface area (Å²) >= 11 is 0. The van der Waals surface area contributed by atoms with E-state index < -0.39 is 45.1 Å². The highest BCUT2D eigenvalue weighted by molar-refractivity contribution is 7.48. The van der Waals surface area contributed by atoms with Crippen molar-refractivity contribution in [3.63, 3.8) is 0 Å². The highest BCUT2D eigenvalue weighted by atomic mass is 31.2. The van der Waals surface area contributed by atoms with Gasteiger partial charge >= 0.3 is 19.8 Å². The highest BCUT2D eigenvalue weighted by Gasteiger charge is 2.34. The van der Waals surface area contributed by atoms with Crippen molar-refractivity contribution in [2.75, 3.05) is 19.8 Å². The number of carbonyl (C=O) groups is 2. The van der Waals surface area contributed by atoms with Crippen molar-refractivity contribution in [3.8, 4) is 0 Å². The summed E-state index contributed by atoms with van der Waals surface area (Å²) in [6.07, 6.45) is -2.69. The normalized spacial score (nSPS) is 15.9. The van der Waals surface area contributed by atoms with E-state index in [-0.39, 0.29) is 5.57 Å². The van der Waals surface area contributed by atoms with Crippen molar-refractivity contribution in [1.29, 1.82) is 0 Å². The van der Waals surface area contributed by atoms with Crippen LogP contribution in [0.2, 0.25) is 0 Å². The molecule has 0 saturated heterocycles. The Morgan fingerprint density at radius 2 is 1.14 bits per heavy atom. The first-order valence-corrected chi connectivity index (χ1v) is 10.5. The van der Waals surface area contributed by atoms with Gasteiger partial charge in [0.1, 0.15) is 0 Å². The molecule has 0 spiro atoms. The van der Waals surface area contributed by atoms with E-state index in [1.807, 2.05) is 0 Å². The molecule has 0 aromatic carbocycles. The summed E-state index contributed by atoms with van der Waals surface area (Å²) in [6, 6.07) is 0. The number of carboxylic acid groups (broad SMARTS) is 2. The van der Waals surface area contributed by atoms with Crippen LogP contribution in [0.15, 0.2) is 12.2 Å². The molecule has 0 rings (SSSR count). The van der Waals surface area contributed by atoms with Gasteiger partial charge in [-0.15, -0.1) is 0 Å². The van der Waals surface area contributed by atoms with E-state index >= 15 is 0 Å². The fourth-order valence-electron chi connectivity index (χ4n) is 1.67. The summed E-state index contributed by atoms with van der Waals surface area (Å²) in [5.41, 5.74) is -0.303. The Morgan fingerprint density at radius 1 is 0.828 bits per heavy atom. The van der Waals surface area contributed by atoms with Gasteiger partial charge in [0.05, 0.1) is 6.42 Å². The molecular weight excluding hydrogens is 411 g/mol. The van der Waals surface area contributed by atoms with Crippen LogP contribution in [0.4, 0.5) is 0 Å². The molecule has 3 atom stereocenters. The molecule has 29 heavy (non-hydrogen) atoms. The van der Waals surface area contributed by atoms with Gasteiger partial charge in [-0.05, 0) is 41.5 Å². The molecule has 0 aliphatic heterocycles. The second-order valence-corrected chi connectivity index (χ2v) is 6.84. The zero-order valence-electron chi connectivity index (χ0n) is 17.8. The molecule has 0 heterocycles. The lowest BCUT2D eigenvalue weighted by molar-refractivity contribution is -0.144. The average molecular weight is 444 g/mol. The largest absolute Gasteiger partial charge is 0.481 e. The standard InChI is InChI=1S/C12H27O7P.C5H6O4/c1-7-14-10(4)17-20(13,18-11(5)15-8-2)19-12(6)16-9-3;1-3(5(8)9)2-4(6)7/h10-12H,7-9H2,1-6H3;1-2H2,(H,6,7)(H,8,9). The third kappa shape index (κ3) is 17.3. The molecule has 0 saturated carbocycles. The van der Waals surface area contributed by atoms with Gasteiger partial charge in [0.25, 0.3) is 0 Å². The van der Waals surface area contributed by atoms with Gasteiger partial charge in [-0.1, -0.05) is 6.58 Å². The first-order valence-electron chi connectivity index (χ1n) is 9.03. The van der Waals surface area contributed by atoms with Crippen LogP contribution in [-0.4, -0.2) is 60.8 Å². The van der Waals surface area contributed by atoms with Gasteiger partial charge in [-0.25, -0.2) is 9.36 Å². The Morgan fingerprint density at radius 3 is 1.31 bits per heavy atom. The molecule has 0 fully saturated rings. The predicted octanol–water partition coefficient (Wildman–Crippen LogP) is 3.39. The van der Waals surface area contributed by atoms with Gasteiger partial charge in [-0.3, -0.25) is 18.4 Å². The van der Waals surface area contributed by atoms with Gasteiger partial charge in [-0.2, -0.15) is 0 Å². The van der Waals surface area contributed by atoms with E-state index in [4.69, 9.17) is 38.0 Å². The van der Waals surface area contributed by atoms with Crippen molar-refractivity contribution in [3.05, 3.63) is 12.2 Å². The molecule has 172 valence electrons. The molecule has 0 aromatic heterocycles. The minimum absolute atomic E-state index is 0.303. The molecule has 0 aliphatic carbocycles. The molecule has 0 bridgehead atoms. The smallest absolute Gasteiger partial charge is 0.481 e. The quantitative estimate of drug-likeness (QED) is 0.217. The van der Waals surface area contributed by atoms with Crippen LogP contribution in [0.25, 0.3) is 0 Å². The fourth-order valence-corrected chi connectivity index (χ4v) is 3.10. The van der Waals surface area contributed by atoms with Crippen LogP contribution in [0.5, 0.6) is 0 Å². The number of hydrogen-bond acceptors (Lipinski definition) is 9. The third-order valence-corrected chi connectivity index (χ3v) is 4.37. The lowest BCUT2D eigenvalue weighted by Crippen LogP contribution is -2.21. The maximum atomic E-state index is 12.6. The number of aliphatic carboxylic acids is 2. The van der Waals surface area contributed by atoms with E-state index in [0.29, 0.717) is 19.8 Å². The molecule has 12 heteroatoms. The summed E-state index contributed by atoms with van der Waals surface area (Å²) in [7, 11) is -3.85. The number of rotatable bonds is 15. The minimum atomic E-state index is -3.85. The monoisotopic (exact) mass is 444 g/mol. The first kappa shape index (κ1) is 29.9. The van der Waals surface area contributed by atoms with Crippen molar-refractivity contribution in [2.45, 2.75) is 66.8 Å². The van der Waals surface area contributed by atoms with Crippen molar-refractivity contribution < 1.29 is 52.1 Å². The molecule has 11 nitrogen and oxygen atoms in total. The van der Waals surface area contributed by atoms with Crippen LogP contribution in [-0.2, 0) is 41.9 Å². The molecular formula is C17H33O11P. The van der Waals surface area contributed by atoms with Crippen LogP contribution in [0, 0.1) is 0 Å². The Kier molecular flexibility index (Phi) is 17.0. The molecule has 0 amide bonds. The Hall–Kier alpha value is -1.33. The lowest BCUT2D eigenvalue weighted by atomic mass is 10.2. The third-order valence-electron chi connectivity index (χ3n) is 2.70. The molecule has 0 radical (unpaired) electrons. The van der Waals surface area contributed by atoms with Crippen LogP contribution >= 0.6 is 7.82 Å². The van der Waals surface area contributed by atoms with E-state index in [1.54, 1.807) is 41.5 Å². The van der Waals surface area contributed by atoms with Gasteiger partial charge in [0.15, 0.2) is 18.9 Å². The zero-order valence-corrected chi connectivity index (χ0v) is 18.7. The summed E-state index contributed by atoms with van der Waals surface area (Å²) in [5, 5.41) is 16.1. The number of ether oxygens (including phenoxy) is 3. The van der Waals surface area contributed by atoms with E-state index in [9.17, 15) is 14.2 Å². The number of phosphoric ester groups is 1. The van der Waals surface area contributed by atoms with E-state index in [2.05, 4.69) is 6.58 Å². The van der Waals surface area contributed by atoms with Crippen LogP contribution < -0.4 is 0 Å².